The standard InChI is InChI=1S/C36H39ClFN5O7/c1-6-7-15-48-34(46)43(35(47)50-36(3,4)5)28-20-39-18-26(22(28)2)25-16-24-17-29(41-19-27(24)31(37)32(25)38)42-30(44)13-14-40-33(45)49-21-23-11-9-8-10-12-23/h8-12,16-20H,6-7,13-15,21H2,1-5H3,(H,40,45)(H,41,42,44). The van der Waals surface area contributed by atoms with Crippen LogP contribution in [0.25, 0.3) is 21.9 Å². The smallest absolute Gasteiger partial charge is 0.424 e. The number of anilines is 2. The molecule has 2 aromatic heterocycles. The first kappa shape index (κ1) is 37.5. The van der Waals surface area contributed by atoms with Gasteiger partial charge < -0.3 is 24.8 Å². The molecule has 0 saturated carbocycles. The fraction of sp³-hybridized carbons (Fsp3) is 0.333. The number of halogens is 2. The third-order valence-corrected chi connectivity index (χ3v) is 7.57. The number of ether oxygens (including phenoxy) is 3. The van der Waals surface area contributed by atoms with E-state index in [9.17, 15) is 19.2 Å². The summed E-state index contributed by atoms with van der Waals surface area (Å²) in [5, 5.41) is 5.67. The molecule has 0 bridgehead atoms. The highest BCUT2D eigenvalue weighted by Crippen LogP contribution is 2.38. The van der Waals surface area contributed by atoms with Gasteiger partial charge in [-0.25, -0.2) is 23.8 Å². The van der Waals surface area contributed by atoms with Crippen LogP contribution in [0.5, 0.6) is 0 Å². The monoisotopic (exact) mass is 707 g/mol. The number of amides is 4. The molecule has 12 nitrogen and oxygen atoms in total. The molecular formula is C36H39ClFN5O7. The molecule has 0 fully saturated rings. The van der Waals surface area contributed by atoms with Gasteiger partial charge in [-0.15, -0.1) is 0 Å². The van der Waals surface area contributed by atoms with E-state index in [0.717, 1.165) is 16.9 Å². The van der Waals surface area contributed by atoms with Crippen LogP contribution in [0.1, 0.15) is 58.1 Å². The van der Waals surface area contributed by atoms with Crippen molar-refractivity contribution in [1.29, 1.82) is 0 Å². The van der Waals surface area contributed by atoms with Crippen molar-refractivity contribution in [1.82, 2.24) is 15.3 Å². The van der Waals surface area contributed by atoms with E-state index in [0.29, 0.717) is 17.4 Å². The lowest BCUT2D eigenvalue weighted by Gasteiger charge is -2.27. The molecule has 2 aromatic carbocycles. The summed E-state index contributed by atoms with van der Waals surface area (Å²) in [6.45, 7) is 8.71. The molecule has 4 rings (SSSR count). The summed E-state index contributed by atoms with van der Waals surface area (Å²) >= 11 is 6.47. The minimum atomic E-state index is -0.983. The first-order valence-corrected chi connectivity index (χ1v) is 16.3. The molecule has 0 aliphatic rings. The number of alkyl carbamates (subject to hydrolysis) is 1. The molecule has 2 N–H and O–H groups in total. The first-order chi connectivity index (χ1) is 23.8. The van der Waals surface area contributed by atoms with Crippen molar-refractivity contribution in [2.45, 2.75) is 66.1 Å². The predicted octanol–water partition coefficient (Wildman–Crippen LogP) is 8.33. The SMILES string of the molecule is CCCCOC(=O)N(C(=O)OC(C)(C)C)c1cncc(-c2cc3cc(NC(=O)CCNC(=O)OCc4ccccc4)ncc3c(Cl)c2F)c1C. The van der Waals surface area contributed by atoms with Gasteiger partial charge in [0.2, 0.25) is 5.91 Å². The predicted molar refractivity (Wildman–Crippen MR) is 188 cm³/mol. The van der Waals surface area contributed by atoms with Crippen LogP contribution in [0.15, 0.2) is 61.1 Å². The quantitative estimate of drug-likeness (QED) is 0.116. The average Bonchev–Trinajstić information content (AvgIpc) is 3.06. The second kappa shape index (κ2) is 16.9. The van der Waals surface area contributed by atoms with Gasteiger partial charge in [-0.05, 0) is 62.8 Å². The Hall–Kier alpha value is -5.30. The van der Waals surface area contributed by atoms with Gasteiger partial charge in [0, 0.05) is 41.9 Å². The van der Waals surface area contributed by atoms with Crippen LogP contribution in [0.4, 0.5) is 30.3 Å². The van der Waals surface area contributed by atoms with Crippen LogP contribution in [-0.2, 0) is 25.6 Å². The van der Waals surface area contributed by atoms with Gasteiger partial charge in [0.05, 0.1) is 23.5 Å². The molecule has 2 heterocycles. The number of imide groups is 1. The number of pyridine rings is 2. The zero-order chi connectivity index (χ0) is 36.4. The highest BCUT2D eigenvalue weighted by atomic mass is 35.5. The largest absolute Gasteiger partial charge is 0.449 e. The lowest BCUT2D eigenvalue weighted by molar-refractivity contribution is -0.116. The van der Waals surface area contributed by atoms with Crippen molar-refractivity contribution in [3.8, 4) is 11.1 Å². The number of rotatable bonds is 11. The molecule has 50 heavy (non-hydrogen) atoms. The molecule has 0 aliphatic carbocycles. The number of hydrogen-bond donors (Lipinski definition) is 2. The van der Waals surface area contributed by atoms with Gasteiger partial charge in [0.1, 0.15) is 23.8 Å². The third-order valence-electron chi connectivity index (χ3n) is 7.20. The van der Waals surface area contributed by atoms with Crippen molar-refractivity contribution in [2.24, 2.45) is 0 Å². The molecule has 0 radical (unpaired) electrons. The second-order valence-corrected chi connectivity index (χ2v) is 12.6. The van der Waals surface area contributed by atoms with Crippen molar-refractivity contribution in [3.63, 3.8) is 0 Å². The number of hydrogen-bond acceptors (Lipinski definition) is 9. The van der Waals surface area contributed by atoms with Crippen LogP contribution in [0.3, 0.4) is 0 Å². The van der Waals surface area contributed by atoms with Crippen LogP contribution in [-0.4, -0.2) is 52.9 Å². The summed E-state index contributed by atoms with van der Waals surface area (Å²) in [5.74, 6) is -1.05. The van der Waals surface area contributed by atoms with Gasteiger partial charge in [0.15, 0.2) is 0 Å². The fourth-order valence-corrected chi connectivity index (χ4v) is 4.97. The van der Waals surface area contributed by atoms with E-state index in [-0.39, 0.29) is 59.2 Å². The van der Waals surface area contributed by atoms with Gasteiger partial charge in [-0.2, -0.15) is 4.90 Å². The highest BCUT2D eigenvalue weighted by molar-refractivity contribution is 6.36. The Morgan fingerprint density at radius 1 is 0.980 bits per heavy atom. The van der Waals surface area contributed by atoms with Crippen LogP contribution < -0.4 is 15.5 Å². The van der Waals surface area contributed by atoms with Crippen LogP contribution >= 0.6 is 11.6 Å². The maximum absolute atomic E-state index is 15.8. The Morgan fingerprint density at radius 2 is 1.72 bits per heavy atom. The average molecular weight is 708 g/mol. The van der Waals surface area contributed by atoms with Gasteiger partial charge in [-0.1, -0.05) is 55.3 Å². The van der Waals surface area contributed by atoms with E-state index in [1.165, 1.54) is 30.7 Å². The highest BCUT2D eigenvalue weighted by Gasteiger charge is 2.32. The molecule has 0 unspecified atom stereocenters. The van der Waals surface area contributed by atoms with E-state index in [2.05, 4.69) is 20.6 Å². The zero-order valence-corrected chi connectivity index (χ0v) is 29.2. The summed E-state index contributed by atoms with van der Waals surface area (Å²) < 4.78 is 31.8. The van der Waals surface area contributed by atoms with Crippen molar-refractivity contribution >= 4 is 58.1 Å². The summed E-state index contributed by atoms with van der Waals surface area (Å²) in [6, 6.07) is 12.2. The van der Waals surface area contributed by atoms with Gasteiger partial charge in [0.25, 0.3) is 0 Å². The second-order valence-electron chi connectivity index (χ2n) is 12.2. The first-order valence-electron chi connectivity index (χ1n) is 16.0. The topological polar surface area (TPSA) is 149 Å². The number of unbranched alkanes of at least 4 members (excludes halogenated alkanes) is 1. The molecular weight excluding hydrogens is 669 g/mol. The lowest BCUT2D eigenvalue weighted by Crippen LogP contribution is -2.42. The lowest BCUT2D eigenvalue weighted by atomic mass is 9.98. The summed E-state index contributed by atoms with van der Waals surface area (Å²) in [4.78, 5) is 60.2. The Balaban J connectivity index is 1.55. The number of fused-ring (bicyclic) bond motifs is 1. The van der Waals surface area contributed by atoms with Crippen molar-refractivity contribution in [2.75, 3.05) is 23.4 Å². The Morgan fingerprint density at radius 3 is 2.42 bits per heavy atom. The maximum Gasteiger partial charge on any atom is 0.424 e. The molecule has 14 heteroatoms. The van der Waals surface area contributed by atoms with Gasteiger partial charge in [-0.3, -0.25) is 9.78 Å². The number of carbonyl (C=O) groups is 4. The van der Waals surface area contributed by atoms with E-state index in [4.69, 9.17) is 25.8 Å². The molecule has 0 atom stereocenters. The molecule has 0 spiro atoms. The van der Waals surface area contributed by atoms with E-state index in [1.807, 2.05) is 37.3 Å². The molecule has 4 amide bonds. The molecule has 4 aromatic rings. The van der Waals surface area contributed by atoms with E-state index >= 15 is 4.39 Å². The number of nitrogens with one attached hydrogen (secondary N) is 2. The number of aromatic nitrogens is 2. The fourth-order valence-electron chi connectivity index (χ4n) is 4.71. The molecule has 264 valence electrons. The summed E-state index contributed by atoms with van der Waals surface area (Å²) in [6.07, 6.45) is 2.69. The minimum Gasteiger partial charge on any atom is -0.449 e. The normalized spacial score (nSPS) is 11.1. The van der Waals surface area contributed by atoms with E-state index < -0.39 is 35.6 Å². The van der Waals surface area contributed by atoms with Gasteiger partial charge >= 0.3 is 18.3 Å². The van der Waals surface area contributed by atoms with Crippen LogP contribution in [0, 0.1) is 12.7 Å². The Bertz CT molecular complexity index is 1870. The van der Waals surface area contributed by atoms with Crippen molar-refractivity contribution < 1.29 is 37.8 Å². The third kappa shape index (κ3) is 9.88. The van der Waals surface area contributed by atoms with Crippen LogP contribution in [0.2, 0.25) is 5.02 Å². The zero-order valence-electron chi connectivity index (χ0n) is 28.5. The number of benzene rings is 2. The van der Waals surface area contributed by atoms with Crippen molar-refractivity contribution in [3.05, 3.63) is 83.0 Å². The molecule has 0 aliphatic heterocycles. The molecule has 0 saturated heterocycles. The summed E-state index contributed by atoms with van der Waals surface area (Å²) in [7, 11) is 0. The van der Waals surface area contributed by atoms with E-state index in [1.54, 1.807) is 27.7 Å². The Labute approximate surface area is 294 Å². The summed E-state index contributed by atoms with van der Waals surface area (Å²) in [5.41, 5.74) is 0.530. The minimum absolute atomic E-state index is 0.0172. The number of nitrogens with zero attached hydrogens (tertiary/aromatic N) is 3. The Kier molecular flexibility index (Phi) is 12.7. The maximum atomic E-state index is 15.8. The number of carbonyl (C=O) groups excluding carboxylic acids is 4.